The van der Waals surface area contributed by atoms with Crippen LogP contribution in [0, 0.1) is 0 Å². The van der Waals surface area contributed by atoms with Crippen LogP contribution in [0.1, 0.15) is 87.4 Å². The first-order chi connectivity index (χ1) is 22.0. The molecule has 9 N–H and O–H groups in total. The molecule has 0 amide bonds. The molecule has 47 heavy (non-hydrogen) atoms. The molecular formula is C33H44N8O6. The van der Waals surface area contributed by atoms with E-state index in [9.17, 15) is 9.90 Å². The highest BCUT2D eigenvalue weighted by Gasteiger charge is 2.25. The van der Waals surface area contributed by atoms with Crippen molar-refractivity contribution in [3.8, 4) is 34.5 Å². The summed E-state index contributed by atoms with van der Waals surface area (Å²) < 4.78 is 22.5. The molecule has 4 aromatic rings. The number of benzene rings is 2. The van der Waals surface area contributed by atoms with Gasteiger partial charge in [0, 0.05) is 16.7 Å². The smallest absolute Gasteiger partial charge is 0.222 e. The van der Waals surface area contributed by atoms with Crippen LogP contribution in [0.25, 0.3) is 0 Å². The lowest BCUT2D eigenvalue weighted by molar-refractivity contribution is 0.0753. The summed E-state index contributed by atoms with van der Waals surface area (Å²) in [6.45, 7) is 12.9. The van der Waals surface area contributed by atoms with Crippen molar-refractivity contribution in [2.45, 2.75) is 65.9 Å². The van der Waals surface area contributed by atoms with Crippen LogP contribution in [0.3, 0.4) is 0 Å². The molecule has 0 spiro atoms. The SMILES string of the molecule is COc1cc(C(C)C)c(Oc2cnc(N)nc2N)cc1C(C)(C)O.COc1cc(C(C)C)c(Oc2cnc(N)nc2N)cc1C(C)=O. The van der Waals surface area contributed by atoms with Crippen LogP contribution in [-0.2, 0) is 5.60 Å². The minimum atomic E-state index is -1.10. The molecule has 0 saturated carbocycles. The summed E-state index contributed by atoms with van der Waals surface area (Å²) in [7, 11) is 3.10. The van der Waals surface area contributed by atoms with Crippen molar-refractivity contribution in [2.75, 3.05) is 37.2 Å². The number of anilines is 4. The predicted octanol–water partition coefficient (Wildman–Crippen LogP) is 5.56. The van der Waals surface area contributed by atoms with Crippen molar-refractivity contribution in [3.63, 3.8) is 0 Å². The highest BCUT2D eigenvalue weighted by molar-refractivity contribution is 5.97. The third-order valence-electron chi connectivity index (χ3n) is 6.99. The summed E-state index contributed by atoms with van der Waals surface area (Å²) in [5, 5.41) is 10.4. The van der Waals surface area contributed by atoms with Gasteiger partial charge in [0.15, 0.2) is 28.9 Å². The van der Waals surface area contributed by atoms with Gasteiger partial charge in [-0.2, -0.15) is 9.97 Å². The Hall–Kier alpha value is -5.37. The van der Waals surface area contributed by atoms with E-state index in [-0.39, 0.29) is 46.9 Å². The van der Waals surface area contributed by atoms with Crippen LogP contribution in [0.15, 0.2) is 36.7 Å². The molecule has 0 saturated heterocycles. The molecule has 0 atom stereocenters. The van der Waals surface area contributed by atoms with Crippen molar-refractivity contribution in [1.82, 2.24) is 19.9 Å². The van der Waals surface area contributed by atoms with Gasteiger partial charge in [-0.25, -0.2) is 9.97 Å². The standard InChI is InChI=1S/C17H24N4O3.C16H20N4O3/c1-9(2)10-6-13(23-5)11(17(3,4)22)7-12(10)24-14-8-20-16(19)21-15(14)18;1-8(2)10-5-12(22-4)11(9(3)21)6-13(10)23-14-7-19-16(18)20-15(14)17/h6-9,22H,1-5H3,(H4,18,19,20,21);5-8H,1-4H3,(H4,17,18,19,20). The molecule has 2 aromatic heterocycles. The summed E-state index contributed by atoms with van der Waals surface area (Å²) in [5.74, 6) is 3.38. The van der Waals surface area contributed by atoms with Gasteiger partial charge in [-0.05, 0) is 56.9 Å². The van der Waals surface area contributed by atoms with Gasteiger partial charge < -0.3 is 47.0 Å². The molecule has 2 aromatic carbocycles. The molecule has 0 unspecified atom stereocenters. The van der Waals surface area contributed by atoms with Crippen molar-refractivity contribution in [1.29, 1.82) is 0 Å². The molecule has 14 nitrogen and oxygen atoms in total. The second kappa shape index (κ2) is 14.8. The first kappa shape index (κ1) is 36.1. The van der Waals surface area contributed by atoms with Crippen molar-refractivity contribution in [3.05, 3.63) is 58.9 Å². The zero-order valence-corrected chi connectivity index (χ0v) is 28.2. The van der Waals surface area contributed by atoms with E-state index in [4.69, 9.17) is 41.9 Å². The molecule has 0 radical (unpaired) electrons. The van der Waals surface area contributed by atoms with Crippen LogP contribution in [0.2, 0.25) is 0 Å². The molecule has 0 bridgehead atoms. The number of nitrogen functional groups attached to an aromatic ring is 4. The third kappa shape index (κ3) is 8.88. The van der Waals surface area contributed by atoms with Gasteiger partial charge >= 0.3 is 0 Å². The van der Waals surface area contributed by atoms with E-state index in [0.717, 1.165) is 11.1 Å². The largest absolute Gasteiger partial charge is 0.496 e. The fraction of sp³-hybridized carbons (Fsp3) is 0.364. The number of nitrogens with two attached hydrogens (primary N) is 4. The maximum Gasteiger partial charge on any atom is 0.222 e. The number of hydrogen-bond acceptors (Lipinski definition) is 14. The van der Waals surface area contributed by atoms with E-state index in [1.165, 1.54) is 26.4 Å². The topological polar surface area (TPSA) is 230 Å². The summed E-state index contributed by atoms with van der Waals surface area (Å²) in [6.07, 6.45) is 2.83. The van der Waals surface area contributed by atoms with Crippen molar-refractivity contribution >= 4 is 29.3 Å². The van der Waals surface area contributed by atoms with Crippen LogP contribution < -0.4 is 41.9 Å². The summed E-state index contributed by atoms with van der Waals surface area (Å²) in [5.41, 5.74) is 24.4. The van der Waals surface area contributed by atoms with Crippen LogP contribution in [0.5, 0.6) is 34.5 Å². The number of carbonyl (C=O) groups is 1. The minimum absolute atomic E-state index is 0.0677. The Kier molecular flexibility index (Phi) is 11.4. The van der Waals surface area contributed by atoms with Gasteiger partial charge in [0.2, 0.25) is 11.9 Å². The Morgan fingerprint density at radius 2 is 1.13 bits per heavy atom. The number of Topliss-reactive ketones (excluding diaryl/α,β-unsaturated/α-hetero) is 1. The van der Waals surface area contributed by atoms with Gasteiger partial charge in [-0.1, -0.05) is 27.7 Å². The second-order valence-electron chi connectivity index (χ2n) is 11.8. The Balaban J connectivity index is 0.000000256. The maximum atomic E-state index is 11.8. The fourth-order valence-corrected chi connectivity index (χ4v) is 4.51. The van der Waals surface area contributed by atoms with E-state index in [2.05, 4.69) is 19.9 Å². The zero-order valence-electron chi connectivity index (χ0n) is 28.2. The van der Waals surface area contributed by atoms with Gasteiger partial charge in [0.1, 0.15) is 23.0 Å². The first-order valence-electron chi connectivity index (χ1n) is 14.8. The number of ketones is 1. The Bertz CT molecular complexity index is 1740. The normalized spacial score (nSPS) is 11.1. The van der Waals surface area contributed by atoms with Crippen molar-refractivity contribution in [2.24, 2.45) is 0 Å². The monoisotopic (exact) mass is 648 g/mol. The summed E-state index contributed by atoms with van der Waals surface area (Å²) in [6, 6.07) is 7.06. The van der Waals surface area contributed by atoms with E-state index in [1.54, 1.807) is 39.2 Å². The Morgan fingerprint density at radius 3 is 1.49 bits per heavy atom. The van der Waals surface area contributed by atoms with Gasteiger partial charge in [0.25, 0.3) is 0 Å². The molecule has 4 rings (SSSR count). The summed E-state index contributed by atoms with van der Waals surface area (Å²) >= 11 is 0. The second-order valence-corrected chi connectivity index (χ2v) is 11.8. The zero-order chi connectivity index (χ0) is 35.2. The highest BCUT2D eigenvalue weighted by Crippen LogP contribution is 2.41. The van der Waals surface area contributed by atoms with Crippen LogP contribution >= 0.6 is 0 Å². The first-order valence-corrected chi connectivity index (χ1v) is 14.8. The number of carbonyl (C=O) groups excluding carboxylic acids is 1. The van der Waals surface area contributed by atoms with E-state index >= 15 is 0 Å². The third-order valence-corrected chi connectivity index (χ3v) is 6.99. The van der Waals surface area contributed by atoms with E-state index in [1.807, 2.05) is 33.8 Å². The Morgan fingerprint density at radius 1 is 0.702 bits per heavy atom. The molecule has 252 valence electrons. The lowest BCUT2D eigenvalue weighted by Gasteiger charge is -2.24. The number of aliphatic hydroxyl groups is 1. The number of aromatic nitrogens is 4. The van der Waals surface area contributed by atoms with Gasteiger partial charge in [-0.3, -0.25) is 4.79 Å². The van der Waals surface area contributed by atoms with Crippen molar-refractivity contribution < 1.29 is 28.8 Å². The molecule has 2 heterocycles. The van der Waals surface area contributed by atoms with E-state index < -0.39 is 5.60 Å². The molecular weight excluding hydrogens is 604 g/mol. The average Bonchev–Trinajstić information content (AvgIpc) is 2.99. The van der Waals surface area contributed by atoms with Crippen LogP contribution in [-0.4, -0.2) is 45.0 Å². The Labute approximate surface area is 274 Å². The highest BCUT2D eigenvalue weighted by atomic mass is 16.5. The van der Waals surface area contributed by atoms with Crippen LogP contribution in [0.4, 0.5) is 23.5 Å². The molecule has 0 aliphatic carbocycles. The molecule has 0 aliphatic heterocycles. The predicted molar refractivity (Wildman–Crippen MR) is 181 cm³/mol. The lowest BCUT2D eigenvalue weighted by Crippen LogP contribution is -2.17. The number of methoxy groups -OCH3 is 2. The minimum Gasteiger partial charge on any atom is -0.496 e. The fourth-order valence-electron chi connectivity index (χ4n) is 4.51. The molecule has 0 aliphatic rings. The number of hydrogen-bond donors (Lipinski definition) is 5. The maximum absolute atomic E-state index is 11.8. The lowest BCUT2D eigenvalue weighted by atomic mass is 9.92. The number of nitrogens with zero attached hydrogens (tertiary/aromatic N) is 4. The average molecular weight is 649 g/mol. The number of rotatable bonds is 10. The van der Waals surface area contributed by atoms with Gasteiger partial charge in [-0.15, -0.1) is 0 Å². The van der Waals surface area contributed by atoms with Gasteiger partial charge in [0.05, 0.1) is 37.8 Å². The summed E-state index contributed by atoms with van der Waals surface area (Å²) in [4.78, 5) is 27.4. The number of ether oxygens (including phenoxy) is 4. The van der Waals surface area contributed by atoms with E-state index in [0.29, 0.717) is 39.9 Å². The molecule has 0 fully saturated rings. The molecule has 14 heteroatoms. The quantitative estimate of drug-likeness (QED) is 0.133.